The number of halogens is 1. The fourth-order valence-corrected chi connectivity index (χ4v) is 3.91. The minimum Gasteiger partial charge on any atom is -0.495 e. The Morgan fingerprint density at radius 3 is 2.48 bits per heavy atom. The summed E-state index contributed by atoms with van der Waals surface area (Å²) < 4.78 is 38.5. The Labute approximate surface area is 154 Å². The molecule has 1 N–H and O–H groups in total. The molecule has 0 heterocycles. The van der Waals surface area contributed by atoms with Gasteiger partial charge in [-0.25, -0.2) is 13.1 Å². The molecular formula is C18H22ClNO4S. The van der Waals surface area contributed by atoms with Crippen molar-refractivity contribution in [1.82, 2.24) is 4.72 Å². The lowest BCUT2D eigenvalue weighted by Crippen LogP contribution is -2.36. The Hall–Kier alpha value is -1.76. The van der Waals surface area contributed by atoms with E-state index in [1.54, 1.807) is 13.0 Å². The molecule has 0 aliphatic carbocycles. The van der Waals surface area contributed by atoms with Crippen LogP contribution in [0.1, 0.15) is 18.1 Å². The number of nitrogens with one attached hydrogen (secondary N) is 1. The highest BCUT2D eigenvalue weighted by atomic mass is 35.5. The lowest BCUT2D eigenvalue weighted by molar-refractivity contribution is 0.287. The molecule has 0 unspecified atom stereocenters. The fraction of sp³-hybridized carbons (Fsp3) is 0.333. The van der Waals surface area contributed by atoms with Gasteiger partial charge in [-0.1, -0.05) is 17.7 Å². The molecule has 2 rings (SSSR count). The SMILES string of the molecule is COc1ccc(Cl)cc1S(=O)(=O)N[C@H](C)COc1ccc(C)c(C)c1. The predicted molar refractivity (Wildman–Crippen MR) is 99.2 cm³/mol. The lowest BCUT2D eigenvalue weighted by Gasteiger charge is -2.17. The highest BCUT2D eigenvalue weighted by Crippen LogP contribution is 2.27. The molecule has 0 amide bonds. The summed E-state index contributed by atoms with van der Waals surface area (Å²) in [6.07, 6.45) is 0. The topological polar surface area (TPSA) is 64.6 Å². The zero-order chi connectivity index (χ0) is 18.6. The van der Waals surface area contributed by atoms with Crippen LogP contribution in [0.5, 0.6) is 11.5 Å². The van der Waals surface area contributed by atoms with E-state index >= 15 is 0 Å². The van der Waals surface area contributed by atoms with Crippen molar-refractivity contribution in [1.29, 1.82) is 0 Å². The molecule has 0 radical (unpaired) electrons. The third kappa shape index (κ3) is 5.11. The zero-order valence-corrected chi connectivity index (χ0v) is 16.2. The van der Waals surface area contributed by atoms with Gasteiger partial charge < -0.3 is 9.47 Å². The Balaban J connectivity index is 2.07. The van der Waals surface area contributed by atoms with Crippen LogP contribution in [0.25, 0.3) is 0 Å². The largest absolute Gasteiger partial charge is 0.495 e. The quantitative estimate of drug-likeness (QED) is 0.791. The van der Waals surface area contributed by atoms with Gasteiger partial charge in [-0.05, 0) is 62.2 Å². The molecular weight excluding hydrogens is 362 g/mol. The summed E-state index contributed by atoms with van der Waals surface area (Å²) in [4.78, 5) is 0.000491. The smallest absolute Gasteiger partial charge is 0.244 e. The van der Waals surface area contributed by atoms with Gasteiger partial charge in [0.25, 0.3) is 0 Å². The van der Waals surface area contributed by atoms with Gasteiger partial charge in [0, 0.05) is 5.02 Å². The second kappa shape index (κ2) is 8.08. The Kier molecular flexibility index (Phi) is 6.32. The van der Waals surface area contributed by atoms with Crippen LogP contribution in [0.3, 0.4) is 0 Å². The Bertz CT molecular complexity index is 852. The van der Waals surface area contributed by atoms with Crippen LogP contribution in [0, 0.1) is 13.8 Å². The number of benzene rings is 2. The highest BCUT2D eigenvalue weighted by molar-refractivity contribution is 7.89. The van der Waals surface area contributed by atoms with Crippen LogP contribution in [0.4, 0.5) is 0 Å². The average molecular weight is 384 g/mol. The fourth-order valence-electron chi connectivity index (χ4n) is 2.25. The van der Waals surface area contributed by atoms with Gasteiger partial charge in [-0.2, -0.15) is 0 Å². The first-order chi connectivity index (χ1) is 11.7. The molecule has 0 bridgehead atoms. The first-order valence-electron chi connectivity index (χ1n) is 7.79. The molecule has 2 aromatic rings. The minimum absolute atomic E-state index is 0.000491. The van der Waals surface area contributed by atoms with E-state index in [0.717, 1.165) is 5.56 Å². The molecule has 0 saturated heterocycles. The van der Waals surface area contributed by atoms with E-state index in [1.807, 2.05) is 32.0 Å². The molecule has 1 atom stereocenters. The van der Waals surface area contributed by atoms with Crippen LogP contribution >= 0.6 is 11.6 Å². The maximum absolute atomic E-state index is 12.6. The van der Waals surface area contributed by atoms with Gasteiger partial charge in [0.15, 0.2) is 0 Å². The second-order valence-electron chi connectivity index (χ2n) is 5.87. The predicted octanol–water partition coefficient (Wildman–Crippen LogP) is 3.71. The highest BCUT2D eigenvalue weighted by Gasteiger charge is 2.22. The molecule has 0 saturated carbocycles. The van der Waals surface area contributed by atoms with Crippen molar-refractivity contribution in [2.45, 2.75) is 31.7 Å². The number of sulfonamides is 1. The summed E-state index contributed by atoms with van der Waals surface area (Å²) >= 11 is 5.91. The average Bonchev–Trinajstić information content (AvgIpc) is 2.55. The Morgan fingerprint density at radius 1 is 1.12 bits per heavy atom. The molecule has 5 nitrogen and oxygen atoms in total. The van der Waals surface area contributed by atoms with E-state index in [9.17, 15) is 8.42 Å². The van der Waals surface area contributed by atoms with Crippen molar-refractivity contribution in [3.63, 3.8) is 0 Å². The summed E-state index contributed by atoms with van der Waals surface area (Å²) in [5.41, 5.74) is 2.29. The van der Waals surface area contributed by atoms with Crippen molar-refractivity contribution in [2.75, 3.05) is 13.7 Å². The van der Waals surface area contributed by atoms with Crippen LogP contribution in [-0.2, 0) is 10.0 Å². The van der Waals surface area contributed by atoms with Crippen molar-refractivity contribution in [3.8, 4) is 11.5 Å². The van der Waals surface area contributed by atoms with Crippen LogP contribution in [0.2, 0.25) is 5.02 Å². The maximum Gasteiger partial charge on any atom is 0.244 e. The van der Waals surface area contributed by atoms with Crippen LogP contribution in [-0.4, -0.2) is 28.2 Å². The number of aryl methyl sites for hydroxylation is 2. The number of hydrogen-bond donors (Lipinski definition) is 1. The third-order valence-corrected chi connectivity index (χ3v) is 5.60. The van der Waals surface area contributed by atoms with Gasteiger partial charge in [-0.15, -0.1) is 0 Å². The van der Waals surface area contributed by atoms with Crippen LogP contribution < -0.4 is 14.2 Å². The van der Waals surface area contributed by atoms with E-state index in [-0.39, 0.29) is 17.3 Å². The van der Waals surface area contributed by atoms with E-state index in [2.05, 4.69) is 4.72 Å². The van der Waals surface area contributed by atoms with Crippen LogP contribution in [0.15, 0.2) is 41.3 Å². The Morgan fingerprint density at radius 2 is 1.84 bits per heavy atom. The number of methoxy groups -OCH3 is 1. The summed E-state index contributed by atoms with van der Waals surface area (Å²) in [6, 6.07) is 9.78. The molecule has 0 aliphatic heterocycles. The molecule has 136 valence electrons. The molecule has 0 spiro atoms. The minimum atomic E-state index is -3.78. The van der Waals surface area contributed by atoms with Gasteiger partial charge in [-0.3, -0.25) is 0 Å². The molecule has 25 heavy (non-hydrogen) atoms. The van der Waals surface area contributed by atoms with Gasteiger partial charge in [0.2, 0.25) is 10.0 Å². The van der Waals surface area contributed by atoms with Gasteiger partial charge in [0.1, 0.15) is 23.0 Å². The van der Waals surface area contributed by atoms with Crippen molar-refractivity contribution < 1.29 is 17.9 Å². The number of ether oxygens (including phenoxy) is 2. The molecule has 2 aromatic carbocycles. The molecule has 0 fully saturated rings. The second-order valence-corrected chi connectivity index (χ2v) is 7.99. The molecule has 0 aliphatic rings. The summed E-state index contributed by atoms with van der Waals surface area (Å²) in [5.74, 6) is 0.939. The molecule has 0 aromatic heterocycles. The lowest BCUT2D eigenvalue weighted by atomic mass is 10.1. The van der Waals surface area contributed by atoms with Gasteiger partial charge in [0.05, 0.1) is 13.2 Å². The summed E-state index contributed by atoms with van der Waals surface area (Å²) in [6.45, 7) is 5.95. The van der Waals surface area contributed by atoms with E-state index in [4.69, 9.17) is 21.1 Å². The van der Waals surface area contributed by atoms with E-state index in [1.165, 1.54) is 24.8 Å². The maximum atomic E-state index is 12.6. The van der Waals surface area contributed by atoms with E-state index < -0.39 is 16.1 Å². The normalized spacial score (nSPS) is 12.7. The van der Waals surface area contributed by atoms with Crippen molar-refractivity contribution >= 4 is 21.6 Å². The third-order valence-electron chi connectivity index (χ3n) is 3.75. The molecule has 7 heteroatoms. The number of rotatable bonds is 7. The van der Waals surface area contributed by atoms with Crippen molar-refractivity contribution in [3.05, 3.63) is 52.5 Å². The first-order valence-corrected chi connectivity index (χ1v) is 9.65. The zero-order valence-electron chi connectivity index (χ0n) is 14.7. The van der Waals surface area contributed by atoms with E-state index in [0.29, 0.717) is 10.8 Å². The summed E-state index contributed by atoms with van der Waals surface area (Å²) in [5, 5.41) is 0.320. The monoisotopic (exact) mass is 383 g/mol. The number of hydrogen-bond acceptors (Lipinski definition) is 4. The standard InChI is InChI=1S/C18H22ClNO4S/c1-12-5-7-16(9-13(12)2)24-11-14(3)20-25(21,22)18-10-15(19)6-8-17(18)23-4/h5-10,14,20H,11H2,1-4H3/t14-/m1/s1. The first kappa shape index (κ1) is 19.6. The van der Waals surface area contributed by atoms with Gasteiger partial charge >= 0.3 is 0 Å². The van der Waals surface area contributed by atoms with Crippen molar-refractivity contribution in [2.24, 2.45) is 0 Å². The summed E-state index contributed by atoms with van der Waals surface area (Å²) in [7, 11) is -2.37.